The Balaban J connectivity index is 0.00000625. The monoisotopic (exact) mass is 387 g/mol. The van der Waals surface area contributed by atoms with E-state index in [-0.39, 0.29) is 30.8 Å². The first-order valence-electron chi connectivity index (χ1n) is 8.47. The minimum Gasteiger partial charge on any atom is -0.493 e. The quantitative estimate of drug-likeness (QED) is 0.566. The van der Waals surface area contributed by atoms with Crippen LogP contribution in [-0.2, 0) is 16.1 Å². The van der Waals surface area contributed by atoms with E-state index in [2.05, 4.69) is 10.6 Å². The average Bonchev–Trinajstić information content (AvgIpc) is 2.57. The molecular weight excluding hydrogens is 358 g/mol. The van der Waals surface area contributed by atoms with Gasteiger partial charge in [-0.1, -0.05) is 19.9 Å². The summed E-state index contributed by atoms with van der Waals surface area (Å²) >= 11 is 0. The molecule has 26 heavy (non-hydrogen) atoms. The molecule has 0 aliphatic rings. The molecule has 4 N–H and O–H groups in total. The summed E-state index contributed by atoms with van der Waals surface area (Å²) in [6.45, 7) is 6.71. The van der Waals surface area contributed by atoms with Gasteiger partial charge in [-0.2, -0.15) is 0 Å². The van der Waals surface area contributed by atoms with Crippen LogP contribution in [0.3, 0.4) is 0 Å². The normalized spacial score (nSPS) is 11.3. The van der Waals surface area contributed by atoms with Gasteiger partial charge in [-0.25, -0.2) is 0 Å². The fourth-order valence-corrected chi connectivity index (χ4v) is 2.27. The average molecular weight is 388 g/mol. The maximum absolute atomic E-state index is 12.0. The first-order chi connectivity index (χ1) is 11.9. The van der Waals surface area contributed by atoms with Crippen molar-refractivity contribution in [1.29, 1.82) is 0 Å². The number of hydrogen-bond acceptors (Lipinski definition) is 5. The molecule has 8 heteroatoms. The Morgan fingerprint density at radius 1 is 1.19 bits per heavy atom. The number of likely N-dealkylation sites (N-methyl/N-ethyl adjacent to an activating group) is 1. The highest BCUT2D eigenvalue weighted by atomic mass is 35.5. The van der Waals surface area contributed by atoms with Gasteiger partial charge in [0.2, 0.25) is 5.91 Å². The Bertz CT molecular complexity index is 582. The van der Waals surface area contributed by atoms with Gasteiger partial charge in [0.15, 0.2) is 18.1 Å². The number of benzene rings is 1. The van der Waals surface area contributed by atoms with Gasteiger partial charge in [0.25, 0.3) is 5.91 Å². The van der Waals surface area contributed by atoms with Gasteiger partial charge in [-0.05, 0) is 37.0 Å². The number of nitrogens with one attached hydrogen (secondary N) is 2. The lowest BCUT2D eigenvalue weighted by molar-refractivity contribution is -0.123. The van der Waals surface area contributed by atoms with Gasteiger partial charge in [0.1, 0.15) is 0 Å². The van der Waals surface area contributed by atoms with Gasteiger partial charge in [0, 0.05) is 13.1 Å². The molecular formula is C18H30ClN3O4. The summed E-state index contributed by atoms with van der Waals surface area (Å²) in [5, 5.41) is 5.47. The van der Waals surface area contributed by atoms with Crippen molar-refractivity contribution in [2.75, 3.05) is 20.3 Å². The molecule has 0 fully saturated rings. The summed E-state index contributed by atoms with van der Waals surface area (Å²) in [4.78, 5) is 23.4. The molecule has 1 atom stereocenters. The van der Waals surface area contributed by atoms with Crippen LogP contribution < -0.4 is 25.8 Å². The third-order valence-corrected chi connectivity index (χ3v) is 3.49. The summed E-state index contributed by atoms with van der Waals surface area (Å²) in [7, 11) is 1.52. The molecule has 0 spiro atoms. The van der Waals surface area contributed by atoms with Crippen molar-refractivity contribution in [1.82, 2.24) is 10.6 Å². The van der Waals surface area contributed by atoms with E-state index in [1.54, 1.807) is 12.1 Å². The summed E-state index contributed by atoms with van der Waals surface area (Å²) in [5.74, 6) is 0.967. The third-order valence-electron chi connectivity index (χ3n) is 3.49. The second-order valence-electron chi connectivity index (χ2n) is 6.18. The number of ether oxygens (including phenoxy) is 2. The SMILES string of the molecule is CCNC(=O)COc1ccc(CNC(=O)[C@@H](N)CC(C)C)cc1OC.Cl. The lowest BCUT2D eigenvalue weighted by Gasteiger charge is -2.15. The van der Waals surface area contributed by atoms with Crippen LogP contribution in [-0.4, -0.2) is 38.1 Å². The topological polar surface area (TPSA) is 103 Å². The lowest BCUT2D eigenvalue weighted by atomic mass is 10.0. The number of amides is 2. The largest absolute Gasteiger partial charge is 0.493 e. The van der Waals surface area contributed by atoms with Crippen LogP contribution in [0.4, 0.5) is 0 Å². The molecule has 2 amide bonds. The van der Waals surface area contributed by atoms with Gasteiger partial charge < -0.3 is 25.8 Å². The van der Waals surface area contributed by atoms with E-state index in [1.807, 2.05) is 26.8 Å². The molecule has 0 saturated carbocycles. The molecule has 1 rings (SSSR count). The Hall–Kier alpha value is -1.99. The van der Waals surface area contributed by atoms with Crippen LogP contribution in [0.1, 0.15) is 32.8 Å². The minimum atomic E-state index is -0.512. The smallest absolute Gasteiger partial charge is 0.257 e. The van der Waals surface area contributed by atoms with Crippen LogP contribution in [0.15, 0.2) is 18.2 Å². The Morgan fingerprint density at radius 3 is 2.46 bits per heavy atom. The van der Waals surface area contributed by atoms with E-state index in [0.717, 1.165) is 5.56 Å². The van der Waals surface area contributed by atoms with Crippen molar-refractivity contribution in [3.63, 3.8) is 0 Å². The Morgan fingerprint density at radius 2 is 1.88 bits per heavy atom. The van der Waals surface area contributed by atoms with Crippen LogP contribution in [0, 0.1) is 5.92 Å². The van der Waals surface area contributed by atoms with E-state index >= 15 is 0 Å². The maximum atomic E-state index is 12.0. The van der Waals surface area contributed by atoms with Crippen LogP contribution in [0.25, 0.3) is 0 Å². The van der Waals surface area contributed by atoms with Crippen LogP contribution >= 0.6 is 12.4 Å². The summed E-state index contributed by atoms with van der Waals surface area (Å²) in [6.07, 6.45) is 0.641. The molecule has 1 aromatic rings. The highest BCUT2D eigenvalue weighted by Gasteiger charge is 2.15. The predicted molar refractivity (Wildman–Crippen MR) is 104 cm³/mol. The summed E-state index contributed by atoms with van der Waals surface area (Å²) < 4.78 is 10.8. The first kappa shape index (κ1) is 24.0. The standard InChI is InChI=1S/C18H29N3O4.ClH/c1-5-20-17(22)11-25-15-7-6-13(9-16(15)24-4)10-21-18(23)14(19)8-12(2)3;/h6-7,9,12,14H,5,8,10-11,19H2,1-4H3,(H,20,22)(H,21,23);1H/t14-;/m0./s1. The van der Waals surface area contributed by atoms with E-state index < -0.39 is 6.04 Å². The Labute approximate surface area is 161 Å². The van der Waals surface area contributed by atoms with Crippen LogP contribution in [0.2, 0.25) is 0 Å². The molecule has 0 radical (unpaired) electrons. The van der Waals surface area contributed by atoms with E-state index in [0.29, 0.717) is 36.9 Å². The maximum Gasteiger partial charge on any atom is 0.257 e. The van der Waals surface area contributed by atoms with Gasteiger partial charge >= 0.3 is 0 Å². The number of halogens is 1. The molecule has 0 aliphatic heterocycles. The second kappa shape index (κ2) is 12.4. The second-order valence-corrected chi connectivity index (χ2v) is 6.18. The highest BCUT2D eigenvalue weighted by molar-refractivity contribution is 5.85. The number of nitrogens with two attached hydrogens (primary N) is 1. The highest BCUT2D eigenvalue weighted by Crippen LogP contribution is 2.28. The molecule has 0 aliphatic carbocycles. The van der Waals surface area contributed by atoms with E-state index in [4.69, 9.17) is 15.2 Å². The molecule has 0 aromatic heterocycles. The van der Waals surface area contributed by atoms with Crippen molar-refractivity contribution in [2.45, 2.75) is 39.8 Å². The van der Waals surface area contributed by atoms with Crippen molar-refractivity contribution < 1.29 is 19.1 Å². The summed E-state index contributed by atoms with van der Waals surface area (Å²) in [5.41, 5.74) is 6.71. The van der Waals surface area contributed by atoms with Gasteiger partial charge in [-0.3, -0.25) is 9.59 Å². The fourth-order valence-electron chi connectivity index (χ4n) is 2.27. The van der Waals surface area contributed by atoms with E-state index in [1.165, 1.54) is 7.11 Å². The molecule has 1 aromatic carbocycles. The van der Waals surface area contributed by atoms with Crippen molar-refractivity contribution in [3.05, 3.63) is 23.8 Å². The first-order valence-corrected chi connectivity index (χ1v) is 8.47. The molecule has 148 valence electrons. The number of carbonyl (C=O) groups is 2. The lowest BCUT2D eigenvalue weighted by Crippen LogP contribution is -2.41. The summed E-state index contributed by atoms with van der Waals surface area (Å²) in [6, 6.07) is 4.78. The fraction of sp³-hybridized carbons (Fsp3) is 0.556. The van der Waals surface area contributed by atoms with E-state index in [9.17, 15) is 9.59 Å². The molecule has 7 nitrogen and oxygen atoms in total. The molecule has 0 unspecified atom stereocenters. The van der Waals surface area contributed by atoms with Crippen molar-refractivity contribution in [2.24, 2.45) is 11.7 Å². The van der Waals surface area contributed by atoms with Crippen LogP contribution in [0.5, 0.6) is 11.5 Å². The minimum absolute atomic E-state index is 0. The Kier molecular flexibility index (Phi) is 11.4. The molecule has 0 bridgehead atoms. The third kappa shape index (κ3) is 8.40. The van der Waals surface area contributed by atoms with Gasteiger partial charge in [-0.15, -0.1) is 12.4 Å². The number of rotatable bonds is 10. The van der Waals surface area contributed by atoms with Crippen molar-refractivity contribution >= 4 is 24.2 Å². The molecule has 0 heterocycles. The van der Waals surface area contributed by atoms with Gasteiger partial charge in [0.05, 0.1) is 13.2 Å². The zero-order chi connectivity index (χ0) is 18.8. The van der Waals surface area contributed by atoms with Crippen molar-refractivity contribution in [3.8, 4) is 11.5 Å². The number of carbonyl (C=O) groups excluding carboxylic acids is 2. The zero-order valence-corrected chi connectivity index (χ0v) is 16.7. The predicted octanol–water partition coefficient (Wildman–Crippen LogP) is 1.62. The molecule has 0 saturated heterocycles. The zero-order valence-electron chi connectivity index (χ0n) is 15.8. The number of methoxy groups -OCH3 is 1. The number of hydrogen-bond donors (Lipinski definition) is 3.